The van der Waals surface area contributed by atoms with E-state index in [1.165, 1.54) is 5.56 Å². The summed E-state index contributed by atoms with van der Waals surface area (Å²) in [6.07, 6.45) is 2.22. The van der Waals surface area contributed by atoms with Crippen LogP contribution in [0.25, 0.3) is 11.4 Å². The predicted molar refractivity (Wildman–Crippen MR) is 77.5 cm³/mol. The number of ether oxygens (including phenoxy) is 1. The molecule has 2 aromatic rings. The summed E-state index contributed by atoms with van der Waals surface area (Å²) < 4.78 is 5.01. The third-order valence-corrected chi connectivity index (χ3v) is 3.01. The number of benzene rings is 1. The van der Waals surface area contributed by atoms with Gasteiger partial charge in [-0.15, -0.1) is 0 Å². The van der Waals surface area contributed by atoms with E-state index in [1.807, 2.05) is 38.1 Å². The Bertz CT molecular complexity index is 606. The molecular weight excluding hydrogens is 252 g/mol. The van der Waals surface area contributed by atoms with Gasteiger partial charge in [0, 0.05) is 11.8 Å². The van der Waals surface area contributed by atoms with E-state index < -0.39 is 0 Å². The van der Waals surface area contributed by atoms with Crippen LogP contribution < -0.4 is 0 Å². The van der Waals surface area contributed by atoms with E-state index in [0.717, 1.165) is 5.56 Å². The first-order valence-electron chi connectivity index (χ1n) is 6.75. The minimum absolute atomic E-state index is 0.349. The van der Waals surface area contributed by atoms with Gasteiger partial charge in [0.05, 0.1) is 17.9 Å². The summed E-state index contributed by atoms with van der Waals surface area (Å²) >= 11 is 0. The van der Waals surface area contributed by atoms with Gasteiger partial charge in [-0.1, -0.05) is 36.8 Å². The molecule has 0 saturated heterocycles. The Morgan fingerprint density at radius 2 is 1.90 bits per heavy atom. The molecule has 0 radical (unpaired) electrons. The van der Waals surface area contributed by atoms with Crippen LogP contribution in [0.1, 0.15) is 35.5 Å². The van der Waals surface area contributed by atoms with Gasteiger partial charge in [0.25, 0.3) is 0 Å². The van der Waals surface area contributed by atoms with Gasteiger partial charge in [-0.25, -0.2) is 14.8 Å². The minimum Gasteiger partial charge on any atom is -0.462 e. The Hall–Kier alpha value is -2.23. The summed E-state index contributed by atoms with van der Waals surface area (Å²) in [5.41, 5.74) is 3.30. The lowest BCUT2D eigenvalue weighted by Gasteiger charge is -2.08. The van der Waals surface area contributed by atoms with E-state index in [4.69, 9.17) is 4.74 Å². The summed E-state index contributed by atoms with van der Waals surface area (Å²) in [5, 5.41) is 0. The monoisotopic (exact) mass is 270 g/mol. The zero-order chi connectivity index (χ0) is 14.5. The average Bonchev–Trinajstić information content (AvgIpc) is 2.47. The van der Waals surface area contributed by atoms with Crippen molar-refractivity contribution in [2.24, 2.45) is 0 Å². The van der Waals surface area contributed by atoms with Gasteiger partial charge in [0.15, 0.2) is 5.82 Å². The molecule has 0 N–H and O–H groups in total. The number of esters is 1. The highest BCUT2D eigenvalue weighted by Crippen LogP contribution is 2.18. The molecule has 0 saturated carbocycles. The second kappa shape index (κ2) is 6.28. The first-order valence-corrected chi connectivity index (χ1v) is 6.75. The van der Waals surface area contributed by atoms with Crippen LogP contribution >= 0.6 is 0 Å². The molecule has 0 unspecified atom stereocenters. The van der Waals surface area contributed by atoms with Crippen molar-refractivity contribution < 1.29 is 9.53 Å². The van der Waals surface area contributed by atoms with Crippen LogP contribution in [0.2, 0.25) is 0 Å². The highest BCUT2D eigenvalue weighted by Gasteiger charge is 2.15. The summed E-state index contributed by atoms with van der Waals surface area (Å²) in [7, 11) is 0. The van der Waals surface area contributed by atoms with Crippen molar-refractivity contribution in [1.82, 2.24) is 9.97 Å². The van der Waals surface area contributed by atoms with Crippen molar-refractivity contribution in [2.45, 2.75) is 27.2 Å². The number of aryl methyl sites for hydroxylation is 2. The molecular formula is C16H18N2O2. The summed E-state index contributed by atoms with van der Waals surface area (Å²) in [5.74, 6) is 0.273. The van der Waals surface area contributed by atoms with Gasteiger partial charge in [-0.2, -0.15) is 0 Å². The zero-order valence-electron chi connectivity index (χ0n) is 12.0. The Morgan fingerprint density at radius 3 is 2.50 bits per heavy atom. The smallest absolute Gasteiger partial charge is 0.341 e. The number of aromatic nitrogens is 2. The van der Waals surface area contributed by atoms with Gasteiger partial charge in [0.1, 0.15) is 0 Å². The summed E-state index contributed by atoms with van der Waals surface area (Å²) in [6, 6.07) is 8.00. The van der Waals surface area contributed by atoms with Crippen molar-refractivity contribution in [2.75, 3.05) is 6.61 Å². The average molecular weight is 270 g/mol. The molecule has 1 heterocycles. The summed E-state index contributed by atoms with van der Waals surface area (Å²) in [6.45, 7) is 6.13. The van der Waals surface area contributed by atoms with E-state index in [0.29, 0.717) is 30.1 Å². The van der Waals surface area contributed by atoms with Gasteiger partial charge in [0.2, 0.25) is 0 Å². The molecule has 20 heavy (non-hydrogen) atoms. The molecule has 0 spiro atoms. The van der Waals surface area contributed by atoms with Crippen molar-refractivity contribution in [3.8, 4) is 11.4 Å². The lowest BCUT2D eigenvalue weighted by atomic mass is 10.1. The van der Waals surface area contributed by atoms with Crippen LogP contribution in [0.3, 0.4) is 0 Å². The molecule has 2 rings (SSSR count). The Labute approximate surface area is 118 Å². The molecule has 104 valence electrons. The van der Waals surface area contributed by atoms with Gasteiger partial charge in [-0.05, 0) is 20.3 Å². The standard InChI is InChI=1S/C16H18N2O2/c1-4-14-13(16(19)20-5-2)10-17-15(18-14)12-8-6-11(3)7-9-12/h6-10H,4-5H2,1-3H3. The largest absolute Gasteiger partial charge is 0.462 e. The van der Waals surface area contributed by atoms with Crippen LogP contribution in [0.5, 0.6) is 0 Å². The second-order valence-electron chi connectivity index (χ2n) is 4.49. The van der Waals surface area contributed by atoms with Crippen molar-refractivity contribution >= 4 is 5.97 Å². The SMILES string of the molecule is CCOC(=O)c1cnc(-c2ccc(C)cc2)nc1CC. The van der Waals surface area contributed by atoms with E-state index in [1.54, 1.807) is 13.1 Å². The van der Waals surface area contributed by atoms with Crippen molar-refractivity contribution in [1.29, 1.82) is 0 Å². The first kappa shape index (κ1) is 14.2. The highest BCUT2D eigenvalue weighted by atomic mass is 16.5. The maximum absolute atomic E-state index is 11.8. The molecule has 0 aliphatic carbocycles. The molecule has 1 aromatic carbocycles. The van der Waals surface area contributed by atoms with Crippen LogP contribution in [0.15, 0.2) is 30.5 Å². The van der Waals surface area contributed by atoms with Crippen LogP contribution in [-0.2, 0) is 11.2 Å². The number of rotatable bonds is 4. The molecule has 0 aliphatic rings. The second-order valence-corrected chi connectivity index (χ2v) is 4.49. The van der Waals surface area contributed by atoms with E-state index >= 15 is 0 Å². The van der Waals surface area contributed by atoms with Crippen molar-refractivity contribution in [3.05, 3.63) is 47.3 Å². The molecule has 0 aliphatic heterocycles. The minimum atomic E-state index is -0.361. The number of hydrogen-bond acceptors (Lipinski definition) is 4. The summed E-state index contributed by atoms with van der Waals surface area (Å²) in [4.78, 5) is 20.6. The number of carbonyl (C=O) groups excluding carboxylic acids is 1. The number of carbonyl (C=O) groups is 1. The quantitative estimate of drug-likeness (QED) is 0.801. The Morgan fingerprint density at radius 1 is 1.20 bits per heavy atom. The predicted octanol–water partition coefficient (Wildman–Crippen LogP) is 3.19. The number of hydrogen-bond donors (Lipinski definition) is 0. The van der Waals surface area contributed by atoms with E-state index in [-0.39, 0.29) is 5.97 Å². The first-order chi connectivity index (χ1) is 9.65. The van der Waals surface area contributed by atoms with Gasteiger partial charge < -0.3 is 4.74 Å². The molecule has 0 atom stereocenters. The molecule has 1 aromatic heterocycles. The van der Waals surface area contributed by atoms with E-state index in [9.17, 15) is 4.79 Å². The molecule has 0 amide bonds. The fourth-order valence-electron chi connectivity index (χ4n) is 1.91. The number of nitrogens with zero attached hydrogens (tertiary/aromatic N) is 2. The third-order valence-electron chi connectivity index (χ3n) is 3.01. The highest BCUT2D eigenvalue weighted by molar-refractivity contribution is 5.90. The van der Waals surface area contributed by atoms with Crippen LogP contribution in [0.4, 0.5) is 0 Å². The van der Waals surface area contributed by atoms with Crippen molar-refractivity contribution in [3.63, 3.8) is 0 Å². The topological polar surface area (TPSA) is 52.1 Å². The normalized spacial score (nSPS) is 10.3. The maximum Gasteiger partial charge on any atom is 0.341 e. The maximum atomic E-state index is 11.8. The molecule has 4 nitrogen and oxygen atoms in total. The van der Waals surface area contributed by atoms with Gasteiger partial charge >= 0.3 is 5.97 Å². The van der Waals surface area contributed by atoms with Gasteiger partial charge in [-0.3, -0.25) is 0 Å². The lowest BCUT2D eigenvalue weighted by molar-refractivity contribution is 0.0524. The van der Waals surface area contributed by atoms with Crippen LogP contribution in [-0.4, -0.2) is 22.5 Å². The molecule has 0 fully saturated rings. The Balaban J connectivity index is 2.38. The fourth-order valence-corrected chi connectivity index (χ4v) is 1.91. The molecule has 4 heteroatoms. The lowest BCUT2D eigenvalue weighted by Crippen LogP contribution is -2.11. The third kappa shape index (κ3) is 3.02. The van der Waals surface area contributed by atoms with Crippen LogP contribution in [0, 0.1) is 6.92 Å². The Kier molecular flexibility index (Phi) is 4.45. The molecule has 0 bridgehead atoms. The zero-order valence-corrected chi connectivity index (χ0v) is 12.0. The fraction of sp³-hybridized carbons (Fsp3) is 0.312. The van der Waals surface area contributed by atoms with E-state index in [2.05, 4.69) is 9.97 Å².